The first-order valence-corrected chi connectivity index (χ1v) is 11.1. The molecule has 4 rings (SSSR count). The van der Waals surface area contributed by atoms with Gasteiger partial charge in [-0.3, -0.25) is 19.7 Å². The van der Waals surface area contributed by atoms with Gasteiger partial charge in [0.15, 0.2) is 5.13 Å². The fourth-order valence-electron chi connectivity index (χ4n) is 2.92. The quantitative estimate of drug-likeness (QED) is 0.448. The molecule has 1 aromatic heterocycles. The fraction of sp³-hybridized carbons (Fsp3) is 0.0476. The van der Waals surface area contributed by atoms with E-state index in [4.69, 9.17) is 34.8 Å². The molecule has 162 valence electrons. The van der Waals surface area contributed by atoms with Gasteiger partial charge in [-0.2, -0.15) is 0 Å². The number of aromatic nitrogens is 1. The van der Waals surface area contributed by atoms with Crippen molar-refractivity contribution in [3.05, 3.63) is 79.9 Å². The lowest BCUT2D eigenvalue weighted by molar-refractivity contribution is -0.120. The van der Waals surface area contributed by atoms with Gasteiger partial charge in [0, 0.05) is 21.7 Å². The number of thiazole rings is 1. The summed E-state index contributed by atoms with van der Waals surface area (Å²) < 4.78 is 0. The predicted octanol–water partition coefficient (Wildman–Crippen LogP) is 5.45. The number of benzene rings is 2. The molecule has 3 aromatic rings. The molecule has 0 spiro atoms. The van der Waals surface area contributed by atoms with E-state index in [1.54, 1.807) is 24.3 Å². The molecule has 0 aliphatic carbocycles. The summed E-state index contributed by atoms with van der Waals surface area (Å²) in [6.45, 7) is 1.84. The summed E-state index contributed by atoms with van der Waals surface area (Å²) in [4.78, 5) is 42.9. The highest BCUT2D eigenvalue weighted by atomic mass is 35.5. The topological polar surface area (TPSA) is 91.4 Å². The third-order valence-electron chi connectivity index (χ3n) is 4.43. The molecule has 0 saturated carbocycles. The molecule has 0 radical (unpaired) electrons. The Hall–Kier alpha value is -2.91. The molecule has 0 unspecified atom stereocenters. The summed E-state index contributed by atoms with van der Waals surface area (Å²) in [5.41, 5.74) is 1.75. The molecule has 3 amide bonds. The number of amides is 3. The number of hydrogen-bond donors (Lipinski definition) is 2. The van der Waals surface area contributed by atoms with Gasteiger partial charge in [-0.05, 0) is 49.4 Å². The van der Waals surface area contributed by atoms with Crippen molar-refractivity contribution in [2.24, 2.45) is 0 Å². The van der Waals surface area contributed by atoms with Crippen LogP contribution in [0.2, 0.25) is 10.0 Å². The Labute approximate surface area is 201 Å². The lowest BCUT2D eigenvalue weighted by Crippen LogP contribution is -2.32. The largest absolute Gasteiger partial charge is 0.350 e. The van der Waals surface area contributed by atoms with Crippen LogP contribution >= 0.6 is 46.1 Å². The number of rotatable bonds is 5. The number of halogens is 3. The smallest absolute Gasteiger partial charge is 0.283 e. The summed E-state index contributed by atoms with van der Waals surface area (Å²) in [6, 6.07) is 10.7. The summed E-state index contributed by atoms with van der Waals surface area (Å²) in [5.74, 6) is -1.69. The van der Waals surface area contributed by atoms with Crippen molar-refractivity contribution in [3.63, 3.8) is 0 Å². The van der Waals surface area contributed by atoms with Crippen molar-refractivity contribution in [1.82, 2.24) is 4.98 Å². The second-order valence-electron chi connectivity index (χ2n) is 6.68. The molecule has 1 aliphatic heterocycles. The van der Waals surface area contributed by atoms with Crippen LogP contribution in [-0.4, -0.2) is 22.7 Å². The van der Waals surface area contributed by atoms with Crippen LogP contribution in [0.3, 0.4) is 0 Å². The van der Waals surface area contributed by atoms with Crippen molar-refractivity contribution in [1.29, 1.82) is 0 Å². The van der Waals surface area contributed by atoms with E-state index < -0.39 is 11.8 Å². The van der Waals surface area contributed by atoms with Crippen LogP contribution in [0.15, 0.2) is 58.6 Å². The van der Waals surface area contributed by atoms with Crippen LogP contribution in [-0.2, 0) is 9.59 Å². The molecule has 0 bridgehead atoms. The molecule has 0 fully saturated rings. The number of hydrogen-bond acceptors (Lipinski definition) is 6. The summed E-state index contributed by atoms with van der Waals surface area (Å²) >= 11 is 19.5. The maximum Gasteiger partial charge on any atom is 0.283 e. The normalized spacial score (nSPS) is 13.7. The zero-order valence-corrected chi connectivity index (χ0v) is 19.4. The highest BCUT2D eigenvalue weighted by molar-refractivity contribution is 7.13. The van der Waals surface area contributed by atoms with Gasteiger partial charge in [0.2, 0.25) is 0 Å². The molecule has 0 saturated heterocycles. The van der Waals surface area contributed by atoms with Gasteiger partial charge in [-0.25, -0.2) is 9.88 Å². The molecule has 2 heterocycles. The number of nitrogens with one attached hydrogen (secondary N) is 2. The summed E-state index contributed by atoms with van der Waals surface area (Å²) in [7, 11) is 0. The van der Waals surface area contributed by atoms with E-state index in [1.165, 1.54) is 29.5 Å². The average molecular weight is 508 g/mol. The number of aryl methyl sites for hydroxylation is 1. The Kier molecular flexibility index (Phi) is 6.21. The number of carbonyl (C=O) groups excluding carboxylic acids is 3. The average Bonchev–Trinajstić information content (AvgIpc) is 3.25. The SMILES string of the molecule is Cc1csc(NC(=O)c2ccc(NC3=C(Cl)C(=O)N(c4ccc(Cl)cc4Cl)C3=O)cc2)n1. The maximum atomic E-state index is 12.9. The minimum absolute atomic E-state index is 0.0989. The van der Waals surface area contributed by atoms with Crippen LogP contribution in [0.5, 0.6) is 0 Å². The number of imide groups is 1. The van der Waals surface area contributed by atoms with E-state index in [9.17, 15) is 14.4 Å². The predicted molar refractivity (Wildman–Crippen MR) is 127 cm³/mol. The van der Waals surface area contributed by atoms with Crippen molar-refractivity contribution in [2.45, 2.75) is 6.92 Å². The van der Waals surface area contributed by atoms with E-state index in [0.29, 0.717) is 21.4 Å². The van der Waals surface area contributed by atoms with Crippen molar-refractivity contribution < 1.29 is 14.4 Å². The van der Waals surface area contributed by atoms with Crippen molar-refractivity contribution >= 4 is 80.4 Å². The molecule has 2 N–H and O–H groups in total. The second kappa shape index (κ2) is 8.91. The van der Waals surface area contributed by atoms with Gasteiger partial charge in [-0.1, -0.05) is 34.8 Å². The Morgan fingerprint density at radius 2 is 1.75 bits per heavy atom. The number of anilines is 3. The van der Waals surface area contributed by atoms with Crippen molar-refractivity contribution in [3.8, 4) is 0 Å². The minimum Gasteiger partial charge on any atom is -0.350 e. The molecule has 1 aliphatic rings. The molecule has 11 heteroatoms. The summed E-state index contributed by atoms with van der Waals surface area (Å²) in [6.07, 6.45) is 0. The minimum atomic E-state index is -0.710. The number of nitrogens with zero attached hydrogens (tertiary/aromatic N) is 2. The lowest BCUT2D eigenvalue weighted by Gasteiger charge is -2.16. The van der Waals surface area contributed by atoms with Crippen LogP contribution in [0, 0.1) is 6.92 Å². The highest BCUT2D eigenvalue weighted by Crippen LogP contribution is 2.35. The Morgan fingerprint density at radius 3 is 2.38 bits per heavy atom. The Bertz CT molecular complexity index is 1290. The highest BCUT2D eigenvalue weighted by Gasteiger charge is 2.39. The first-order valence-electron chi connectivity index (χ1n) is 9.09. The molecular weight excluding hydrogens is 495 g/mol. The van der Waals surface area contributed by atoms with Crippen LogP contribution < -0.4 is 15.5 Å². The Balaban J connectivity index is 1.50. The van der Waals surface area contributed by atoms with Crippen molar-refractivity contribution in [2.75, 3.05) is 15.5 Å². The van der Waals surface area contributed by atoms with Gasteiger partial charge < -0.3 is 5.32 Å². The molecule has 7 nitrogen and oxygen atoms in total. The van der Waals surface area contributed by atoms with E-state index in [1.807, 2.05) is 12.3 Å². The standard InChI is InChI=1S/C21H13Cl3N4O3S/c1-10-9-32-21(25-10)27-18(29)11-2-5-13(6-3-11)26-17-16(24)19(30)28(20(17)31)15-7-4-12(22)8-14(15)23/h2-9,26H,1H3,(H,25,27,29). The van der Waals surface area contributed by atoms with Gasteiger partial charge in [0.05, 0.1) is 16.4 Å². The van der Waals surface area contributed by atoms with E-state index >= 15 is 0 Å². The van der Waals surface area contributed by atoms with E-state index in [0.717, 1.165) is 10.6 Å². The van der Waals surface area contributed by atoms with Gasteiger partial charge in [0.25, 0.3) is 17.7 Å². The van der Waals surface area contributed by atoms with Crippen LogP contribution in [0.4, 0.5) is 16.5 Å². The van der Waals surface area contributed by atoms with Gasteiger partial charge >= 0.3 is 0 Å². The molecule has 32 heavy (non-hydrogen) atoms. The third-order valence-corrected chi connectivity index (χ3v) is 6.20. The molecule has 0 atom stereocenters. The lowest BCUT2D eigenvalue weighted by atomic mass is 10.2. The second-order valence-corrected chi connectivity index (χ2v) is 8.76. The zero-order chi connectivity index (χ0) is 23.0. The van der Waals surface area contributed by atoms with Gasteiger partial charge in [0.1, 0.15) is 10.7 Å². The molecular formula is C21H13Cl3N4O3S. The maximum absolute atomic E-state index is 12.9. The Morgan fingerprint density at radius 1 is 1.03 bits per heavy atom. The first kappa shape index (κ1) is 22.3. The first-order chi connectivity index (χ1) is 15.2. The summed E-state index contributed by atoms with van der Waals surface area (Å²) in [5, 5.41) is 8.12. The van der Waals surface area contributed by atoms with Gasteiger partial charge in [-0.15, -0.1) is 11.3 Å². The van der Waals surface area contributed by atoms with E-state index in [2.05, 4.69) is 15.6 Å². The fourth-order valence-corrected chi connectivity index (χ4v) is 4.31. The molecule has 2 aromatic carbocycles. The van der Waals surface area contributed by atoms with Crippen LogP contribution in [0.25, 0.3) is 0 Å². The third kappa shape index (κ3) is 4.35. The number of carbonyl (C=O) groups is 3. The zero-order valence-electron chi connectivity index (χ0n) is 16.3. The monoisotopic (exact) mass is 506 g/mol. The van der Waals surface area contributed by atoms with E-state index in [-0.39, 0.29) is 27.3 Å². The van der Waals surface area contributed by atoms with Crippen LogP contribution in [0.1, 0.15) is 16.1 Å².